The lowest BCUT2D eigenvalue weighted by atomic mass is 10.1. The van der Waals surface area contributed by atoms with E-state index in [4.69, 9.17) is 9.47 Å². The van der Waals surface area contributed by atoms with Gasteiger partial charge in [-0.05, 0) is 6.92 Å². The molecule has 0 aromatic heterocycles. The molecule has 0 aliphatic carbocycles. The smallest absolute Gasteiger partial charge is 0.336 e. The fourth-order valence-corrected chi connectivity index (χ4v) is 1.15. The van der Waals surface area contributed by atoms with Crippen molar-refractivity contribution in [1.82, 2.24) is 0 Å². The molecule has 62 valence electrons. The van der Waals surface area contributed by atoms with Gasteiger partial charge in [-0.1, -0.05) is 6.58 Å². The number of cyclic esters (lactones) is 1. The molecule has 1 saturated heterocycles. The standard InChI is InChI=1S/C8H12O3/c1-4-10-8(3)5-6(2)7(9)11-8/h2,4-5H2,1,3H3. The van der Waals surface area contributed by atoms with Gasteiger partial charge >= 0.3 is 5.97 Å². The number of rotatable bonds is 2. The van der Waals surface area contributed by atoms with Gasteiger partial charge in [0.05, 0.1) is 0 Å². The Hall–Kier alpha value is -0.830. The SMILES string of the molecule is C=C1CC(C)(OCC)OC1=O. The molecular formula is C8H12O3. The van der Waals surface area contributed by atoms with E-state index in [1.54, 1.807) is 6.92 Å². The molecule has 1 heterocycles. The van der Waals surface area contributed by atoms with Crippen LogP contribution in [0.2, 0.25) is 0 Å². The summed E-state index contributed by atoms with van der Waals surface area (Å²) in [5.74, 6) is -1.11. The highest BCUT2D eigenvalue weighted by Crippen LogP contribution is 2.30. The number of carbonyl (C=O) groups excluding carboxylic acids is 1. The summed E-state index contributed by atoms with van der Waals surface area (Å²) in [7, 11) is 0. The Kier molecular flexibility index (Phi) is 2.00. The predicted molar refractivity (Wildman–Crippen MR) is 39.9 cm³/mol. The Morgan fingerprint density at radius 2 is 2.45 bits per heavy atom. The van der Waals surface area contributed by atoms with E-state index < -0.39 is 5.79 Å². The highest BCUT2D eigenvalue weighted by atomic mass is 16.7. The van der Waals surface area contributed by atoms with E-state index in [2.05, 4.69) is 6.58 Å². The maximum absolute atomic E-state index is 10.9. The summed E-state index contributed by atoms with van der Waals surface area (Å²) in [5.41, 5.74) is 0.487. The van der Waals surface area contributed by atoms with Gasteiger partial charge in [-0.2, -0.15) is 0 Å². The Balaban J connectivity index is 2.63. The monoisotopic (exact) mass is 156 g/mol. The quantitative estimate of drug-likeness (QED) is 0.445. The molecule has 0 spiro atoms. The van der Waals surface area contributed by atoms with E-state index in [1.165, 1.54) is 0 Å². The number of ether oxygens (including phenoxy) is 2. The molecule has 0 bridgehead atoms. The molecule has 1 aliphatic rings. The molecule has 11 heavy (non-hydrogen) atoms. The van der Waals surface area contributed by atoms with Gasteiger partial charge in [0.25, 0.3) is 0 Å². The number of hydrogen-bond acceptors (Lipinski definition) is 3. The van der Waals surface area contributed by atoms with Crippen LogP contribution in [0.1, 0.15) is 20.3 Å². The first kappa shape index (κ1) is 8.27. The minimum absolute atomic E-state index is 0.346. The van der Waals surface area contributed by atoms with Crippen molar-refractivity contribution in [1.29, 1.82) is 0 Å². The van der Waals surface area contributed by atoms with Crippen molar-refractivity contribution in [2.24, 2.45) is 0 Å². The summed E-state index contributed by atoms with van der Waals surface area (Å²) in [5, 5.41) is 0. The molecule has 3 nitrogen and oxygen atoms in total. The van der Waals surface area contributed by atoms with Crippen molar-refractivity contribution in [3.8, 4) is 0 Å². The van der Waals surface area contributed by atoms with Gasteiger partial charge in [-0.25, -0.2) is 4.79 Å². The maximum Gasteiger partial charge on any atom is 0.336 e. The van der Waals surface area contributed by atoms with Crippen LogP contribution in [0.15, 0.2) is 12.2 Å². The molecule has 0 aromatic rings. The lowest BCUT2D eigenvalue weighted by Crippen LogP contribution is -2.27. The molecule has 0 aromatic carbocycles. The fourth-order valence-electron chi connectivity index (χ4n) is 1.15. The van der Waals surface area contributed by atoms with E-state index in [9.17, 15) is 4.79 Å². The van der Waals surface area contributed by atoms with Gasteiger partial charge in [-0.15, -0.1) is 0 Å². The summed E-state index contributed by atoms with van der Waals surface area (Å²) in [6.45, 7) is 7.70. The van der Waals surface area contributed by atoms with Crippen molar-refractivity contribution in [3.63, 3.8) is 0 Å². The third kappa shape index (κ3) is 1.60. The summed E-state index contributed by atoms with van der Waals surface area (Å²) in [6, 6.07) is 0. The maximum atomic E-state index is 10.9. The number of carbonyl (C=O) groups is 1. The Morgan fingerprint density at radius 3 is 2.82 bits per heavy atom. The Morgan fingerprint density at radius 1 is 1.82 bits per heavy atom. The zero-order valence-electron chi connectivity index (χ0n) is 6.85. The number of esters is 1. The Labute approximate surface area is 66.0 Å². The van der Waals surface area contributed by atoms with Crippen molar-refractivity contribution >= 4 is 5.97 Å². The van der Waals surface area contributed by atoms with Crippen LogP contribution in [0.3, 0.4) is 0 Å². The summed E-state index contributed by atoms with van der Waals surface area (Å²) >= 11 is 0. The molecule has 1 aliphatic heterocycles. The van der Waals surface area contributed by atoms with Gasteiger partial charge in [0.15, 0.2) is 0 Å². The van der Waals surface area contributed by atoms with E-state index in [1.807, 2.05) is 6.92 Å². The first-order valence-electron chi connectivity index (χ1n) is 3.62. The summed E-state index contributed by atoms with van der Waals surface area (Å²) < 4.78 is 10.2. The average molecular weight is 156 g/mol. The van der Waals surface area contributed by atoms with E-state index in [-0.39, 0.29) is 5.97 Å². The molecule has 3 heteroatoms. The molecule has 0 radical (unpaired) electrons. The lowest BCUT2D eigenvalue weighted by molar-refractivity contribution is -0.201. The molecule has 1 atom stereocenters. The van der Waals surface area contributed by atoms with Crippen LogP contribution in [0.5, 0.6) is 0 Å². The van der Waals surface area contributed by atoms with Gasteiger partial charge in [0.1, 0.15) is 0 Å². The molecule has 0 N–H and O–H groups in total. The van der Waals surface area contributed by atoms with Crippen LogP contribution in [0.25, 0.3) is 0 Å². The third-order valence-electron chi connectivity index (χ3n) is 1.58. The van der Waals surface area contributed by atoms with E-state index in [0.29, 0.717) is 18.6 Å². The molecule has 1 fully saturated rings. The largest absolute Gasteiger partial charge is 0.430 e. The normalized spacial score (nSPS) is 30.7. The minimum Gasteiger partial charge on any atom is -0.430 e. The van der Waals surface area contributed by atoms with Gasteiger partial charge in [0, 0.05) is 25.5 Å². The highest BCUT2D eigenvalue weighted by molar-refractivity contribution is 5.90. The zero-order chi connectivity index (χ0) is 8.48. The Bertz CT molecular complexity index is 180. The number of hydrogen-bond donors (Lipinski definition) is 0. The van der Waals surface area contributed by atoms with Crippen molar-refractivity contribution in [3.05, 3.63) is 12.2 Å². The third-order valence-corrected chi connectivity index (χ3v) is 1.58. The fraction of sp³-hybridized carbons (Fsp3) is 0.625. The summed E-state index contributed by atoms with van der Waals surface area (Å²) in [6.07, 6.45) is 0.472. The minimum atomic E-state index is -0.761. The van der Waals surface area contributed by atoms with E-state index in [0.717, 1.165) is 0 Å². The van der Waals surface area contributed by atoms with Crippen LogP contribution in [-0.2, 0) is 14.3 Å². The second-order valence-corrected chi connectivity index (χ2v) is 2.74. The molecular weight excluding hydrogens is 144 g/mol. The lowest BCUT2D eigenvalue weighted by Gasteiger charge is -2.21. The highest BCUT2D eigenvalue weighted by Gasteiger charge is 2.39. The van der Waals surface area contributed by atoms with Gasteiger partial charge in [0.2, 0.25) is 5.79 Å². The molecule has 0 saturated carbocycles. The van der Waals surface area contributed by atoms with Crippen LogP contribution in [0.4, 0.5) is 0 Å². The second-order valence-electron chi connectivity index (χ2n) is 2.74. The second kappa shape index (κ2) is 2.66. The van der Waals surface area contributed by atoms with Crippen LogP contribution in [0, 0.1) is 0 Å². The van der Waals surface area contributed by atoms with Crippen molar-refractivity contribution in [2.75, 3.05) is 6.61 Å². The zero-order valence-corrected chi connectivity index (χ0v) is 6.85. The first-order chi connectivity index (χ1) is 5.07. The van der Waals surface area contributed by atoms with Crippen LogP contribution in [-0.4, -0.2) is 18.4 Å². The molecule has 1 rings (SSSR count). The molecule has 1 unspecified atom stereocenters. The first-order valence-corrected chi connectivity index (χ1v) is 3.62. The van der Waals surface area contributed by atoms with Crippen molar-refractivity contribution < 1.29 is 14.3 Å². The van der Waals surface area contributed by atoms with Gasteiger partial charge < -0.3 is 9.47 Å². The van der Waals surface area contributed by atoms with Crippen LogP contribution < -0.4 is 0 Å². The molecule has 0 amide bonds. The summed E-state index contributed by atoms with van der Waals surface area (Å²) in [4.78, 5) is 10.9. The van der Waals surface area contributed by atoms with Gasteiger partial charge in [-0.3, -0.25) is 0 Å². The topological polar surface area (TPSA) is 35.5 Å². The van der Waals surface area contributed by atoms with Crippen molar-refractivity contribution in [2.45, 2.75) is 26.1 Å². The predicted octanol–water partition coefficient (Wildman–Crippen LogP) is 1.24. The van der Waals surface area contributed by atoms with Crippen LogP contribution >= 0.6 is 0 Å². The van der Waals surface area contributed by atoms with E-state index >= 15 is 0 Å². The average Bonchev–Trinajstić information content (AvgIpc) is 2.08.